The van der Waals surface area contributed by atoms with Gasteiger partial charge in [-0.2, -0.15) is 8.42 Å². The van der Waals surface area contributed by atoms with Crippen LogP contribution < -0.4 is 113 Å². The maximum atomic E-state index is 10.9. The van der Waals surface area contributed by atoms with Crippen LogP contribution >= 0.6 is 0 Å². The monoisotopic (exact) mass is 324 g/mol. The van der Waals surface area contributed by atoms with Crippen LogP contribution in [0.3, 0.4) is 0 Å². The van der Waals surface area contributed by atoms with Gasteiger partial charge in [-0.1, -0.05) is 18.2 Å². The molecule has 0 saturated carbocycles. The van der Waals surface area contributed by atoms with Crippen molar-refractivity contribution in [3.63, 3.8) is 0 Å². The van der Waals surface area contributed by atoms with Gasteiger partial charge >= 0.3 is 103 Å². The molecule has 0 amide bonds. The van der Waals surface area contributed by atoms with Gasteiger partial charge in [0.15, 0.2) is 4.75 Å². The first-order valence-corrected chi connectivity index (χ1v) is 5.44. The molecular formula is C8H6K2O7S. The second-order valence-corrected chi connectivity index (χ2v) is 4.82. The molecule has 1 unspecified atom stereocenters. The summed E-state index contributed by atoms with van der Waals surface area (Å²) in [6.45, 7) is 0. The van der Waals surface area contributed by atoms with Gasteiger partial charge in [0.1, 0.15) is 0 Å². The summed E-state index contributed by atoms with van der Waals surface area (Å²) in [4.78, 5) is 21.1. The van der Waals surface area contributed by atoms with E-state index in [0.717, 1.165) is 12.2 Å². The fraction of sp³-hybridized carbons (Fsp3) is 0.250. The molecule has 0 radical (unpaired) electrons. The van der Waals surface area contributed by atoms with Crippen molar-refractivity contribution in [3.05, 3.63) is 23.8 Å². The molecule has 0 heterocycles. The Balaban J connectivity index is 0. The molecule has 0 aliphatic heterocycles. The molecule has 0 spiro atoms. The first-order chi connectivity index (χ1) is 7.21. The van der Waals surface area contributed by atoms with E-state index < -0.39 is 33.2 Å². The zero-order valence-electron chi connectivity index (χ0n) is 9.74. The second-order valence-electron chi connectivity index (χ2n) is 3.14. The Labute approximate surface area is 188 Å². The van der Waals surface area contributed by atoms with Crippen molar-refractivity contribution in [2.75, 3.05) is 0 Å². The molecule has 10 heteroatoms. The van der Waals surface area contributed by atoms with E-state index >= 15 is 0 Å². The zero-order valence-corrected chi connectivity index (χ0v) is 16.8. The van der Waals surface area contributed by atoms with Crippen molar-refractivity contribution in [3.8, 4) is 0 Å². The Bertz CT molecular complexity index is 508. The maximum absolute atomic E-state index is 10.9. The van der Waals surface area contributed by atoms with E-state index in [1.54, 1.807) is 0 Å². The fourth-order valence-corrected chi connectivity index (χ4v) is 1.97. The number of allylic oxidation sites excluding steroid dienone is 1. The Morgan fingerprint density at radius 3 is 2.00 bits per heavy atom. The van der Waals surface area contributed by atoms with Crippen LogP contribution in [0, 0.1) is 0 Å². The minimum absolute atomic E-state index is 0. The van der Waals surface area contributed by atoms with Crippen molar-refractivity contribution in [2.24, 2.45) is 0 Å². The molecule has 0 aromatic heterocycles. The largest absolute Gasteiger partial charge is 1.00 e. The molecule has 0 bridgehead atoms. The summed E-state index contributed by atoms with van der Waals surface area (Å²) >= 11 is 0. The summed E-state index contributed by atoms with van der Waals surface area (Å²) < 4.78 is 28.0. The van der Waals surface area contributed by atoms with Crippen LogP contribution in [-0.2, 0) is 19.7 Å². The van der Waals surface area contributed by atoms with Crippen LogP contribution in [0.15, 0.2) is 23.8 Å². The van der Waals surface area contributed by atoms with E-state index in [1.807, 2.05) is 0 Å². The normalized spacial score (nSPS) is 22.2. The van der Waals surface area contributed by atoms with Gasteiger partial charge in [-0.15, -0.1) is 0 Å². The summed E-state index contributed by atoms with van der Waals surface area (Å²) in [6, 6.07) is 0. The van der Waals surface area contributed by atoms with Gasteiger partial charge in [0.2, 0.25) is 0 Å². The van der Waals surface area contributed by atoms with Crippen LogP contribution in [0.2, 0.25) is 0 Å². The molecule has 1 atom stereocenters. The standard InChI is InChI=1S/C8H8O7S.2K/c9-6(10)5-1-3-8(4-2-5,7(11)12)16(13,14)15;;/h1-3H,4H2,(H,9,10)(H,11,12)(H,13,14,15);;/q;2*+1/p-2. The number of rotatable bonds is 3. The van der Waals surface area contributed by atoms with Gasteiger partial charge in [0.05, 0.1) is 11.9 Å². The van der Waals surface area contributed by atoms with Gasteiger partial charge in [-0.05, 0) is 12.0 Å². The van der Waals surface area contributed by atoms with Crippen LogP contribution in [0.25, 0.3) is 0 Å². The zero-order chi connectivity index (χ0) is 12.6. The number of carbonyl (C=O) groups excluding carboxylic acids is 2. The first kappa shape index (κ1) is 21.9. The van der Waals surface area contributed by atoms with E-state index in [4.69, 9.17) is 4.55 Å². The number of aliphatic carboxylic acids is 2. The summed E-state index contributed by atoms with van der Waals surface area (Å²) in [6.07, 6.45) is 1.40. The molecule has 88 valence electrons. The number of carbonyl (C=O) groups is 2. The van der Waals surface area contributed by atoms with Gasteiger partial charge in [-0.3, -0.25) is 4.55 Å². The number of carboxylic acid groups (broad SMARTS) is 2. The Morgan fingerprint density at radius 2 is 1.78 bits per heavy atom. The third kappa shape index (κ3) is 4.56. The van der Waals surface area contributed by atoms with Gasteiger partial charge < -0.3 is 19.8 Å². The molecule has 0 aromatic carbocycles. The molecule has 18 heavy (non-hydrogen) atoms. The van der Waals surface area contributed by atoms with E-state index in [0.29, 0.717) is 6.08 Å². The van der Waals surface area contributed by atoms with Crippen molar-refractivity contribution in [1.29, 1.82) is 0 Å². The summed E-state index contributed by atoms with van der Waals surface area (Å²) in [5.41, 5.74) is -0.361. The van der Waals surface area contributed by atoms with E-state index in [1.165, 1.54) is 0 Å². The fourth-order valence-electron chi connectivity index (χ4n) is 1.22. The van der Waals surface area contributed by atoms with Gasteiger partial charge in [-0.25, -0.2) is 0 Å². The smallest absolute Gasteiger partial charge is 0.548 e. The van der Waals surface area contributed by atoms with Crippen LogP contribution in [0.5, 0.6) is 0 Å². The molecule has 7 nitrogen and oxygen atoms in total. The maximum Gasteiger partial charge on any atom is 1.00 e. The van der Waals surface area contributed by atoms with Crippen molar-refractivity contribution in [1.82, 2.24) is 0 Å². The Morgan fingerprint density at radius 1 is 1.28 bits per heavy atom. The number of carboxylic acids is 2. The quantitative estimate of drug-likeness (QED) is 0.402. The SMILES string of the molecule is O=C([O-])C1=CCC(C(=O)[O-])(S(=O)(=O)O)C=C1.[K+].[K+]. The van der Waals surface area contributed by atoms with E-state index in [2.05, 4.69) is 0 Å². The molecule has 0 aromatic rings. The minimum atomic E-state index is -4.94. The van der Waals surface area contributed by atoms with E-state index in [-0.39, 0.29) is 108 Å². The Kier molecular flexibility index (Phi) is 9.91. The third-order valence-corrected chi connectivity index (χ3v) is 3.59. The number of hydrogen-bond donors (Lipinski definition) is 1. The third-order valence-electron chi connectivity index (χ3n) is 2.20. The second kappa shape index (κ2) is 8.14. The molecule has 1 aliphatic rings. The van der Waals surface area contributed by atoms with Crippen LogP contribution in [0.4, 0.5) is 0 Å². The van der Waals surface area contributed by atoms with Crippen LogP contribution in [-0.4, -0.2) is 29.7 Å². The number of hydrogen-bond acceptors (Lipinski definition) is 6. The molecule has 1 rings (SSSR count). The minimum Gasteiger partial charge on any atom is -0.548 e. The predicted molar refractivity (Wildman–Crippen MR) is 46.1 cm³/mol. The van der Waals surface area contributed by atoms with Gasteiger partial charge in [0, 0.05) is 0 Å². The summed E-state index contributed by atoms with van der Waals surface area (Å²) in [5.74, 6) is -3.60. The average Bonchev–Trinajstić information content (AvgIpc) is 2.15. The van der Waals surface area contributed by atoms with E-state index in [9.17, 15) is 28.2 Å². The molecule has 0 fully saturated rings. The first-order valence-electron chi connectivity index (χ1n) is 4.00. The predicted octanol–water partition coefficient (Wildman–Crippen LogP) is -8.99. The molecule has 0 saturated heterocycles. The molecule has 1 N–H and O–H groups in total. The van der Waals surface area contributed by atoms with Crippen molar-refractivity contribution in [2.45, 2.75) is 11.2 Å². The summed E-state index contributed by atoms with van der Waals surface area (Å²) in [5, 5.41) is 21.1. The van der Waals surface area contributed by atoms with Crippen molar-refractivity contribution < 1.29 is 136 Å². The average molecular weight is 324 g/mol. The van der Waals surface area contributed by atoms with Crippen LogP contribution in [0.1, 0.15) is 6.42 Å². The van der Waals surface area contributed by atoms with Crippen molar-refractivity contribution >= 4 is 22.1 Å². The Hall–Kier alpha value is 1.60. The summed E-state index contributed by atoms with van der Waals surface area (Å²) in [7, 11) is -4.94. The topological polar surface area (TPSA) is 135 Å². The van der Waals surface area contributed by atoms with Gasteiger partial charge in [0.25, 0.3) is 10.1 Å². The molecule has 1 aliphatic carbocycles. The molecular weight excluding hydrogens is 318 g/mol.